The van der Waals surface area contributed by atoms with Crippen LogP contribution in [0.3, 0.4) is 0 Å². The molecule has 5 nitrogen and oxygen atoms in total. The van der Waals surface area contributed by atoms with Gasteiger partial charge in [-0.05, 0) is 32.3 Å². The van der Waals surface area contributed by atoms with E-state index in [4.69, 9.17) is 0 Å². The van der Waals surface area contributed by atoms with Gasteiger partial charge in [0, 0.05) is 6.54 Å². The van der Waals surface area contributed by atoms with Gasteiger partial charge in [-0.25, -0.2) is 0 Å². The molecule has 3 amide bonds. The van der Waals surface area contributed by atoms with Crippen molar-refractivity contribution in [3.8, 4) is 0 Å². The summed E-state index contributed by atoms with van der Waals surface area (Å²) >= 11 is 0. The van der Waals surface area contributed by atoms with E-state index in [2.05, 4.69) is 5.32 Å². The molecule has 3 rings (SSSR count). The predicted octanol–water partition coefficient (Wildman–Crippen LogP) is 1.95. The summed E-state index contributed by atoms with van der Waals surface area (Å²) in [5.74, 6) is -1.33. The maximum atomic E-state index is 12.5. The van der Waals surface area contributed by atoms with Crippen molar-refractivity contribution in [3.05, 3.63) is 47.5 Å². The molecule has 1 aromatic carbocycles. The Balaban J connectivity index is 1.64. The van der Waals surface area contributed by atoms with E-state index >= 15 is 0 Å². The second-order valence-corrected chi connectivity index (χ2v) is 6.58. The summed E-state index contributed by atoms with van der Waals surface area (Å²) in [5, 5.41) is 2.82. The Kier molecular flexibility index (Phi) is 4.51. The number of amides is 3. The standard InChI is InChI=1S/C19H22N2O3/c1-12-7-9-14(10-8-12)11-20-17(22)13(2)21-18(23)15-5-3-4-6-16(15)19(21)24/h3-4,7-10,13,15-16H,5-6,11H2,1-2H3,(H,20,22)/t13-,15-,16+/m0/s1. The van der Waals surface area contributed by atoms with Gasteiger partial charge in [0.25, 0.3) is 0 Å². The SMILES string of the molecule is Cc1ccc(CNC(=O)[C@H](C)N2C(=O)[C@H]3CC=CC[C@H]3C2=O)cc1. The van der Waals surface area contributed by atoms with Crippen molar-refractivity contribution in [2.75, 3.05) is 0 Å². The third kappa shape index (κ3) is 2.98. The number of hydrogen-bond donors (Lipinski definition) is 1. The summed E-state index contributed by atoms with van der Waals surface area (Å²) in [4.78, 5) is 38.6. The van der Waals surface area contributed by atoms with Crippen molar-refractivity contribution in [2.24, 2.45) is 11.8 Å². The van der Waals surface area contributed by atoms with Gasteiger partial charge in [0.05, 0.1) is 11.8 Å². The van der Waals surface area contributed by atoms with Crippen LogP contribution in [0.5, 0.6) is 0 Å². The minimum Gasteiger partial charge on any atom is -0.350 e. The number of nitrogens with zero attached hydrogens (tertiary/aromatic N) is 1. The van der Waals surface area contributed by atoms with E-state index in [1.54, 1.807) is 6.92 Å². The molecule has 0 radical (unpaired) electrons. The normalized spacial score (nSPS) is 24.0. The second kappa shape index (κ2) is 6.59. The van der Waals surface area contributed by atoms with Crippen molar-refractivity contribution in [2.45, 2.75) is 39.3 Å². The van der Waals surface area contributed by atoms with E-state index in [0.717, 1.165) is 16.0 Å². The highest BCUT2D eigenvalue weighted by molar-refractivity contribution is 6.08. The van der Waals surface area contributed by atoms with Crippen LogP contribution in [-0.2, 0) is 20.9 Å². The van der Waals surface area contributed by atoms with Crippen LogP contribution in [0.15, 0.2) is 36.4 Å². The smallest absolute Gasteiger partial charge is 0.243 e. The van der Waals surface area contributed by atoms with Crippen molar-refractivity contribution >= 4 is 17.7 Å². The zero-order chi connectivity index (χ0) is 17.3. The number of fused-ring (bicyclic) bond motifs is 1. The third-order valence-corrected chi connectivity index (χ3v) is 4.90. The lowest BCUT2D eigenvalue weighted by molar-refractivity contribution is -0.147. The van der Waals surface area contributed by atoms with Crippen molar-refractivity contribution in [1.82, 2.24) is 10.2 Å². The van der Waals surface area contributed by atoms with E-state index in [1.807, 2.05) is 43.3 Å². The van der Waals surface area contributed by atoms with Crippen LogP contribution < -0.4 is 5.32 Å². The summed E-state index contributed by atoms with van der Waals surface area (Å²) in [6.45, 7) is 4.00. The number of nitrogens with one attached hydrogen (secondary N) is 1. The van der Waals surface area contributed by atoms with Gasteiger partial charge in [-0.15, -0.1) is 0 Å². The van der Waals surface area contributed by atoms with Crippen molar-refractivity contribution in [3.63, 3.8) is 0 Å². The highest BCUT2D eigenvalue weighted by atomic mass is 16.2. The van der Waals surface area contributed by atoms with E-state index in [1.165, 1.54) is 0 Å². The molecule has 3 atom stereocenters. The molecule has 0 saturated carbocycles. The molecule has 1 heterocycles. The number of likely N-dealkylation sites (tertiary alicyclic amines) is 1. The largest absolute Gasteiger partial charge is 0.350 e. The lowest BCUT2D eigenvalue weighted by Gasteiger charge is -2.22. The Morgan fingerprint density at radius 2 is 1.67 bits per heavy atom. The van der Waals surface area contributed by atoms with Crippen LogP contribution in [-0.4, -0.2) is 28.7 Å². The first-order valence-corrected chi connectivity index (χ1v) is 8.34. The van der Waals surface area contributed by atoms with Crippen LogP contribution in [0.25, 0.3) is 0 Å². The molecule has 1 fully saturated rings. The van der Waals surface area contributed by atoms with Crippen LogP contribution in [0.1, 0.15) is 30.9 Å². The average molecular weight is 326 g/mol. The first-order valence-electron chi connectivity index (χ1n) is 8.34. The minimum atomic E-state index is -0.777. The lowest BCUT2D eigenvalue weighted by atomic mass is 9.85. The van der Waals surface area contributed by atoms with Crippen molar-refractivity contribution in [1.29, 1.82) is 0 Å². The first kappa shape index (κ1) is 16.4. The highest BCUT2D eigenvalue weighted by Gasteiger charge is 2.49. The molecule has 24 heavy (non-hydrogen) atoms. The molecular formula is C19H22N2O3. The van der Waals surface area contributed by atoms with Gasteiger partial charge in [-0.1, -0.05) is 42.0 Å². The summed E-state index contributed by atoms with van der Waals surface area (Å²) in [5.41, 5.74) is 2.14. The Bertz CT molecular complexity index is 667. The molecule has 0 spiro atoms. The van der Waals surface area contributed by atoms with Crippen LogP contribution in [0.4, 0.5) is 0 Å². The summed E-state index contributed by atoms with van der Waals surface area (Å²) in [6, 6.07) is 7.09. The zero-order valence-corrected chi connectivity index (χ0v) is 14.0. The molecule has 5 heteroatoms. The number of carbonyl (C=O) groups excluding carboxylic acids is 3. The van der Waals surface area contributed by atoms with Crippen LogP contribution in [0.2, 0.25) is 0 Å². The topological polar surface area (TPSA) is 66.5 Å². The fourth-order valence-electron chi connectivity index (χ4n) is 3.37. The molecule has 0 bridgehead atoms. The molecule has 1 N–H and O–H groups in total. The van der Waals surface area contributed by atoms with Crippen LogP contribution >= 0.6 is 0 Å². The minimum absolute atomic E-state index is 0.215. The molecule has 0 unspecified atom stereocenters. The number of imide groups is 1. The van der Waals surface area contributed by atoms with Crippen LogP contribution in [0, 0.1) is 18.8 Å². The average Bonchev–Trinajstić information content (AvgIpc) is 2.85. The Labute approximate surface area is 141 Å². The van der Waals surface area contributed by atoms with Gasteiger partial charge in [-0.3, -0.25) is 19.3 Å². The Hall–Kier alpha value is -2.43. The maximum absolute atomic E-state index is 12.5. The number of carbonyl (C=O) groups is 3. The van der Waals surface area contributed by atoms with E-state index in [0.29, 0.717) is 19.4 Å². The fourth-order valence-corrected chi connectivity index (χ4v) is 3.37. The van der Waals surface area contributed by atoms with Gasteiger partial charge >= 0.3 is 0 Å². The molecule has 1 saturated heterocycles. The van der Waals surface area contributed by atoms with E-state index in [9.17, 15) is 14.4 Å². The fraction of sp³-hybridized carbons (Fsp3) is 0.421. The monoisotopic (exact) mass is 326 g/mol. The maximum Gasteiger partial charge on any atom is 0.243 e. The Morgan fingerprint density at radius 1 is 1.12 bits per heavy atom. The quantitative estimate of drug-likeness (QED) is 0.679. The highest BCUT2D eigenvalue weighted by Crippen LogP contribution is 2.36. The second-order valence-electron chi connectivity index (χ2n) is 6.58. The molecule has 1 aromatic rings. The molecule has 2 aliphatic rings. The van der Waals surface area contributed by atoms with Gasteiger partial charge in [0.1, 0.15) is 6.04 Å². The number of hydrogen-bond acceptors (Lipinski definition) is 3. The van der Waals surface area contributed by atoms with Gasteiger partial charge in [0.2, 0.25) is 17.7 Å². The summed E-state index contributed by atoms with van der Waals surface area (Å²) in [6.07, 6.45) is 5.06. The number of benzene rings is 1. The van der Waals surface area contributed by atoms with Gasteiger partial charge in [0.15, 0.2) is 0 Å². The van der Waals surface area contributed by atoms with E-state index < -0.39 is 6.04 Å². The number of allylic oxidation sites excluding steroid dienone is 2. The number of rotatable bonds is 4. The van der Waals surface area contributed by atoms with Gasteiger partial charge in [-0.2, -0.15) is 0 Å². The zero-order valence-electron chi connectivity index (χ0n) is 14.0. The van der Waals surface area contributed by atoms with E-state index in [-0.39, 0.29) is 29.6 Å². The third-order valence-electron chi connectivity index (χ3n) is 4.90. The molecule has 0 aromatic heterocycles. The summed E-state index contributed by atoms with van der Waals surface area (Å²) < 4.78 is 0. The summed E-state index contributed by atoms with van der Waals surface area (Å²) in [7, 11) is 0. The predicted molar refractivity (Wildman–Crippen MR) is 89.7 cm³/mol. The first-order chi connectivity index (χ1) is 11.5. The molecule has 126 valence electrons. The molecule has 1 aliphatic heterocycles. The van der Waals surface area contributed by atoms with Crippen molar-refractivity contribution < 1.29 is 14.4 Å². The molecule has 1 aliphatic carbocycles. The Morgan fingerprint density at radius 3 is 2.21 bits per heavy atom. The molecular weight excluding hydrogens is 304 g/mol. The number of aryl methyl sites for hydroxylation is 1. The van der Waals surface area contributed by atoms with Gasteiger partial charge < -0.3 is 5.32 Å². The lowest BCUT2D eigenvalue weighted by Crippen LogP contribution is -2.48.